The van der Waals surface area contributed by atoms with Gasteiger partial charge in [-0.2, -0.15) is 0 Å². The van der Waals surface area contributed by atoms with E-state index in [2.05, 4.69) is 15.9 Å². The Morgan fingerprint density at radius 2 is 1.59 bits per heavy atom. The van der Waals surface area contributed by atoms with E-state index in [0.29, 0.717) is 12.2 Å². The Balaban J connectivity index is 1.14. The maximum absolute atomic E-state index is 12.4. The third-order valence-electron chi connectivity index (χ3n) is 5.77. The zero-order chi connectivity index (χ0) is 20.1. The lowest BCUT2D eigenvalue weighted by Crippen LogP contribution is -2.46. The predicted octanol–water partition coefficient (Wildman–Crippen LogP) is 4.37. The number of hydrogen-bond acceptors (Lipinski definition) is 4. The Morgan fingerprint density at radius 1 is 0.862 bits per heavy atom. The van der Waals surface area contributed by atoms with Crippen LogP contribution >= 0.6 is 0 Å². The first-order valence-electron chi connectivity index (χ1n) is 10.6. The third-order valence-corrected chi connectivity index (χ3v) is 5.77. The summed E-state index contributed by atoms with van der Waals surface area (Å²) in [5.41, 5.74) is 1.10. The summed E-state index contributed by atoms with van der Waals surface area (Å²) >= 11 is 0. The number of phenols is 1. The summed E-state index contributed by atoms with van der Waals surface area (Å²) in [4.78, 5) is 17.2. The van der Waals surface area contributed by atoms with E-state index in [1.165, 1.54) is 0 Å². The molecule has 2 aromatic carbocycles. The Hall–Kier alpha value is -2.79. The molecule has 4 rings (SSSR count). The van der Waals surface area contributed by atoms with E-state index in [-0.39, 0.29) is 5.91 Å². The van der Waals surface area contributed by atoms with Crippen LogP contribution in [0.25, 0.3) is 10.8 Å². The average molecular weight is 392 g/mol. The molecule has 5 heteroatoms. The summed E-state index contributed by atoms with van der Waals surface area (Å²) in [5.74, 6) is 0.508. The monoisotopic (exact) mass is 391 g/mol. The highest BCUT2D eigenvalue weighted by Gasteiger charge is 2.17. The molecule has 0 spiro atoms. The van der Waals surface area contributed by atoms with Crippen LogP contribution in [0.1, 0.15) is 30.5 Å². The molecule has 0 unspecified atom stereocenters. The standard InChI is InChI=1S/C24H29N3O2/c28-23-10-6-9-22(17-23)26-15-13-25(14-16-26)12-5-1-2-11-24(29)27-18-20-7-3-4-8-21(20)19-27/h3-4,6-10,17-19,28H,1-2,5,11-16H2. The molecule has 1 aliphatic rings. The number of carbonyl (C=O) groups excluding carboxylic acids is 1. The fraction of sp³-hybridized carbons (Fsp3) is 0.375. The molecule has 2 heterocycles. The molecule has 29 heavy (non-hydrogen) atoms. The van der Waals surface area contributed by atoms with Crippen molar-refractivity contribution in [2.75, 3.05) is 37.6 Å². The highest BCUT2D eigenvalue weighted by Crippen LogP contribution is 2.21. The lowest BCUT2D eigenvalue weighted by molar-refractivity contribution is 0.0899. The molecule has 1 aliphatic heterocycles. The van der Waals surface area contributed by atoms with Crippen LogP contribution in [0.4, 0.5) is 5.69 Å². The van der Waals surface area contributed by atoms with E-state index in [1.54, 1.807) is 10.6 Å². The molecule has 3 aromatic rings. The Kier molecular flexibility index (Phi) is 6.15. The largest absolute Gasteiger partial charge is 0.508 e. The summed E-state index contributed by atoms with van der Waals surface area (Å²) in [5, 5.41) is 11.9. The number of rotatable bonds is 7. The Morgan fingerprint density at radius 3 is 2.28 bits per heavy atom. The zero-order valence-electron chi connectivity index (χ0n) is 16.8. The summed E-state index contributed by atoms with van der Waals surface area (Å²) < 4.78 is 1.74. The summed E-state index contributed by atoms with van der Waals surface area (Å²) in [7, 11) is 0. The van der Waals surface area contributed by atoms with Crippen molar-refractivity contribution in [3.63, 3.8) is 0 Å². The van der Waals surface area contributed by atoms with Crippen molar-refractivity contribution >= 4 is 22.4 Å². The van der Waals surface area contributed by atoms with Crippen molar-refractivity contribution in [3.05, 3.63) is 60.9 Å². The van der Waals surface area contributed by atoms with Gasteiger partial charge in [0.1, 0.15) is 5.75 Å². The van der Waals surface area contributed by atoms with Gasteiger partial charge in [-0.15, -0.1) is 0 Å². The normalized spacial score (nSPS) is 15.1. The third kappa shape index (κ3) is 4.98. The van der Waals surface area contributed by atoms with E-state index in [4.69, 9.17) is 0 Å². The molecule has 0 bridgehead atoms. The van der Waals surface area contributed by atoms with Gasteiger partial charge in [0, 0.05) is 56.7 Å². The van der Waals surface area contributed by atoms with E-state index < -0.39 is 0 Å². The molecule has 1 saturated heterocycles. The number of aromatic nitrogens is 1. The molecule has 0 aliphatic carbocycles. The van der Waals surface area contributed by atoms with Gasteiger partial charge in [0.25, 0.3) is 0 Å². The van der Waals surface area contributed by atoms with Crippen LogP contribution < -0.4 is 4.90 Å². The molecule has 0 amide bonds. The van der Waals surface area contributed by atoms with Crippen LogP contribution in [-0.2, 0) is 0 Å². The maximum Gasteiger partial charge on any atom is 0.230 e. The zero-order valence-corrected chi connectivity index (χ0v) is 16.8. The summed E-state index contributed by atoms with van der Waals surface area (Å²) in [6, 6.07) is 15.6. The van der Waals surface area contributed by atoms with Crippen LogP contribution in [0.3, 0.4) is 0 Å². The van der Waals surface area contributed by atoms with Gasteiger partial charge in [0.2, 0.25) is 5.91 Å². The van der Waals surface area contributed by atoms with E-state index in [9.17, 15) is 9.90 Å². The number of fused-ring (bicyclic) bond motifs is 1. The molecule has 0 atom stereocenters. The second kappa shape index (κ2) is 9.14. The maximum atomic E-state index is 12.4. The molecular weight excluding hydrogens is 362 g/mol. The van der Waals surface area contributed by atoms with Gasteiger partial charge in [-0.25, -0.2) is 0 Å². The number of phenolic OH excluding ortho intramolecular Hbond substituents is 1. The molecule has 1 N–H and O–H groups in total. The summed E-state index contributed by atoms with van der Waals surface area (Å²) in [6.45, 7) is 5.16. The fourth-order valence-corrected chi connectivity index (χ4v) is 4.06. The van der Waals surface area contributed by atoms with Gasteiger partial charge in [0.05, 0.1) is 0 Å². The van der Waals surface area contributed by atoms with Gasteiger partial charge in [-0.3, -0.25) is 14.3 Å². The van der Waals surface area contributed by atoms with Crippen molar-refractivity contribution in [3.8, 4) is 5.75 Å². The van der Waals surface area contributed by atoms with Crippen molar-refractivity contribution in [2.45, 2.75) is 25.7 Å². The Bertz CT molecular complexity index is 924. The molecule has 0 saturated carbocycles. The topological polar surface area (TPSA) is 48.7 Å². The van der Waals surface area contributed by atoms with Crippen molar-refractivity contribution in [2.24, 2.45) is 0 Å². The lowest BCUT2D eigenvalue weighted by Gasteiger charge is -2.36. The number of aromatic hydroxyl groups is 1. The molecule has 5 nitrogen and oxygen atoms in total. The minimum absolute atomic E-state index is 0.181. The molecular formula is C24H29N3O2. The number of anilines is 1. The number of piperazine rings is 1. The SMILES string of the molecule is O=C(CCCCCN1CCN(c2cccc(O)c2)CC1)n1cc2ccccc2c1. The number of unbranched alkanes of at least 4 members (excludes halogenated alkanes) is 2. The number of nitrogens with zero attached hydrogens (tertiary/aromatic N) is 3. The van der Waals surface area contributed by atoms with E-state index >= 15 is 0 Å². The summed E-state index contributed by atoms with van der Waals surface area (Å²) in [6.07, 6.45) is 7.63. The highest BCUT2D eigenvalue weighted by atomic mass is 16.3. The minimum atomic E-state index is 0.181. The average Bonchev–Trinajstić information content (AvgIpc) is 3.18. The molecule has 1 fully saturated rings. The van der Waals surface area contributed by atoms with Crippen LogP contribution in [-0.4, -0.2) is 53.2 Å². The van der Waals surface area contributed by atoms with Crippen molar-refractivity contribution < 1.29 is 9.90 Å². The molecule has 1 aromatic heterocycles. The molecule has 152 valence electrons. The number of benzene rings is 2. The van der Waals surface area contributed by atoms with Crippen molar-refractivity contribution in [1.82, 2.24) is 9.47 Å². The van der Waals surface area contributed by atoms with Gasteiger partial charge in [-0.05, 0) is 42.3 Å². The van der Waals surface area contributed by atoms with Crippen molar-refractivity contribution in [1.29, 1.82) is 0 Å². The second-order valence-electron chi connectivity index (χ2n) is 7.85. The fourth-order valence-electron chi connectivity index (χ4n) is 4.06. The van der Waals surface area contributed by atoms with E-state index in [0.717, 1.165) is 68.4 Å². The van der Waals surface area contributed by atoms with Crippen LogP contribution in [0.2, 0.25) is 0 Å². The quantitative estimate of drug-likeness (QED) is 0.608. The Labute approximate surface area is 172 Å². The number of carbonyl (C=O) groups is 1. The first-order valence-corrected chi connectivity index (χ1v) is 10.6. The predicted molar refractivity (Wildman–Crippen MR) is 118 cm³/mol. The van der Waals surface area contributed by atoms with Crippen LogP contribution in [0, 0.1) is 0 Å². The highest BCUT2D eigenvalue weighted by molar-refractivity contribution is 5.89. The van der Waals surface area contributed by atoms with E-state index in [1.807, 2.05) is 48.8 Å². The van der Waals surface area contributed by atoms with Gasteiger partial charge < -0.3 is 10.0 Å². The minimum Gasteiger partial charge on any atom is -0.508 e. The van der Waals surface area contributed by atoms with Gasteiger partial charge >= 0.3 is 0 Å². The van der Waals surface area contributed by atoms with Gasteiger partial charge in [0.15, 0.2) is 0 Å². The van der Waals surface area contributed by atoms with Gasteiger partial charge in [-0.1, -0.05) is 36.8 Å². The first-order chi connectivity index (χ1) is 14.2. The second-order valence-corrected chi connectivity index (χ2v) is 7.85. The lowest BCUT2D eigenvalue weighted by atomic mass is 10.1. The number of hydrogen-bond donors (Lipinski definition) is 1. The molecule has 0 radical (unpaired) electrons. The van der Waals surface area contributed by atoms with Crippen LogP contribution in [0.15, 0.2) is 60.9 Å². The first kappa shape index (κ1) is 19.5. The van der Waals surface area contributed by atoms with Crippen LogP contribution in [0.5, 0.6) is 5.75 Å². The smallest absolute Gasteiger partial charge is 0.230 e.